The number of nitrogens with one attached hydrogen (secondary N) is 1. The molecule has 0 aliphatic rings. The van der Waals surface area contributed by atoms with Crippen LogP contribution in [0.25, 0.3) is 0 Å². The second kappa shape index (κ2) is 11.7. The lowest BCUT2D eigenvalue weighted by Gasteiger charge is -2.07. The van der Waals surface area contributed by atoms with Crippen molar-refractivity contribution in [2.24, 2.45) is 0 Å². The maximum absolute atomic E-state index is 11.9. The fraction of sp³-hybridized carbons (Fsp3) is 0.579. The van der Waals surface area contributed by atoms with Crippen molar-refractivity contribution in [3.8, 4) is 0 Å². The van der Waals surface area contributed by atoms with E-state index < -0.39 is 0 Å². The van der Waals surface area contributed by atoms with Crippen LogP contribution in [-0.4, -0.2) is 25.0 Å². The second-order valence-electron chi connectivity index (χ2n) is 5.72. The zero-order valence-electron chi connectivity index (χ0n) is 14.4. The van der Waals surface area contributed by atoms with Crippen LogP contribution in [0.2, 0.25) is 0 Å². The van der Waals surface area contributed by atoms with Crippen molar-refractivity contribution in [2.45, 2.75) is 58.8 Å². The number of aryl methyl sites for hydroxylation is 1. The topological polar surface area (TPSA) is 55.4 Å². The molecule has 4 heteroatoms. The molecule has 0 aliphatic carbocycles. The first-order valence-electron chi connectivity index (χ1n) is 8.70. The zero-order valence-corrected chi connectivity index (χ0v) is 14.4. The number of carbonyl (C=O) groups is 2. The highest BCUT2D eigenvalue weighted by molar-refractivity contribution is 5.95. The van der Waals surface area contributed by atoms with Crippen LogP contribution in [0.5, 0.6) is 0 Å². The smallest absolute Gasteiger partial charge is 0.325 e. The average molecular weight is 319 g/mol. The molecule has 0 heterocycles. The Labute approximate surface area is 139 Å². The zero-order chi connectivity index (χ0) is 16.9. The Morgan fingerprint density at radius 2 is 1.61 bits per heavy atom. The molecule has 0 spiro atoms. The maximum atomic E-state index is 11.9. The first kappa shape index (κ1) is 19.2. The highest BCUT2D eigenvalue weighted by atomic mass is 16.5. The molecule has 23 heavy (non-hydrogen) atoms. The third kappa shape index (κ3) is 8.38. The van der Waals surface area contributed by atoms with Gasteiger partial charge in [-0.25, -0.2) is 0 Å². The monoisotopic (exact) mass is 319 g/mol. The van der Waals surface area contributed by atoms with Crippen molar-refractivity contribution in [2.75, 3.05) is 13.2 Å². The Morgan fingerprint density at radius 3 is 2.26 bits per heavy atom. The molecule has 0 saturated carbocycles. The van der Waals surface area contributed by atoms with Crippen LogP contribution in [-0.2, 0) is 16.0 Å². The van der Waals surface area contributed by atoms with E-state index in [1.807, 2.05) is 12.1 Å². The van der Waals surface area contributed by atoms with Crippen molar-refractivity contribution >= 4 is 11.9 Å². The number of hydrogen-bond acceptors (Lipinski definition) is 3. The molecule has 0 unspecified atom stereocenters. The Balaban J connectivity index is 2.13. The lowest BCUT2D eigenvalue weighted by Crippen LogP contribution is -2.30. The number of amides is 1. The standard InChI is InChI=1S/C19H29NO3/c1-3-5-6-7-8-9-14-23-18(21)15-20-19(22)17-12-10-16(4-2)11-13-17/h10-13H,3-9,14-15H2,1-2H3,(H,20,22). The van der Waals surface area contributed by atoms with Crippen molar-refractivity contribution in [3.63, 3.8) is 0 Å². The minimum Gasteiger partial charge on any atom is -0.464 e. The van der Waals surface area contributed by atoms with E-state index in [1.54, 1.807) is 12.1 Å². The van der Waals surface area contributed by atoms with Crippen LogP contribution in [0.15, 0.2) is 24.3 Å². The summed E-state index contributed by atoms with van der Waals surface area (Å²) in [6.07, 6.45) is 7.85. The van der Waals surface area contributed by atoms with E-state index in [4.69, 9.17) is 4.74 Å². The number of rotatable bonds is 11. The molecule has 0 aliphatic heterocycles. The molecule has 0 fully saturated rings. The molecule has 0 radical (unpaired) electrons. The quantitative estimate of drug-likeness (QED) is 0.497. The number of ether oxygens (including phenoxy) is 1. The molecular weight excluding hydrogens is 290 g/mol. The number of benzene rings is 1. The van der Waals surface area contributed by atoms with Crippen molar-refractivity contribution in [1.29, 1.82) is 0 Å². The molecule has 1 aromatic carbocycles. The maximum Gasteiger partial charge on any atom is 0.325 e. The Hall–Kier alpha value is -1.84. The van der Waals surface area contributed by atoms with Gasteiger partial charge in [0.15, 0.2) is 0 Å². The fourth-order valence-electron chi connectivity index (χ4n) is 2.27. The summed E-state index contributed by atoms with van der Waals surface area (Å²) < 4.78 is 5.12. The molecule has 0 aromatic heterocycles. The summed E-state index contributed by atoms with van der Waals surface area (Å²) in [7, 11) is 0. The second-order valence-corrected chi connectivity index (χ2v) is 5.72. The normalized spacial score (nSPS) is 10.3. The fourth-order valence-corrected chi connectivity index (χ4v) is 2.27. The lowest BCUT2D eigenvalue weighted by molar-refractivity contribution is -0.142. The summed E-state index contributed by atoms with van der Waals surface area (Å²) in [5.74, 6) is -0.624. The SMILES string of the molecule is CCCCCCCCOC(=O)CNC(=O)c1ccc(CC)cc1. The Morgan fingerprint density at radius 1 is 0.957 bits per heavy atom. The van der Waals surface area contributed by atoms with Gasteiger partial charge in [0.2, 0.25) is 0 Å². The summed E-state index contributed by atoms with van der Waals surface area (Å²) in [6.45, 7) is 4.61. The predicted molar refractivity (Wildman–Crippen MR) is 92.5 cm³/mol. The molecule has 0 bridgehead atoms. The largest absolute Gasteiger partial charge is 0.464 e. The summed E-state index contributed by atoms with van der Waals surface area (Å²) in [5.41, 5.74) is 1.74. The van der Waals surface area contributed by atoms with Gasteiger partial charge in [0, 0.05) is 5.56 Å². The van der Waals surface area contributed by atoms with E-state index in [9.17, 15) is 9.59 Å². The van der Waals surface area contributed by atoms with E-state index >= 15 is 0 Å². The van der Waals surface area contributed by atoms with Gasteiger partial charge in [-0.05, 0) is 30.5 Å². The van der Waals surface area contributed by atoms with Gasteiger partial charge in [-0.1, -0.05) is 58.1 Å². The number of esters is 1. The minimum atomic E-state index is -0.378. The van der Waals surface area contributed by atoms with Crippen LogP contribution in [0, 0.1) is 0 Å². The molecule has 0 atom stereocenters. The third-order valence-corrected chi connectivity index (χ3v) is 3.78. The first-order valence-corrected chi connectivity index (χ1v) is 8.70. The van der Waals surface area contributed by atoms with Gasteiger partial charge in [-0.15, -0.1) is 0 Å². The Bertz CT molecular complexity index is 468. The van der Waals surface area contributed by atoms with E-state index in [0.717, 1.165) is 19.3 Å². The van der Waals surface area contributed by atoms with E-state index in [1.165, 1.54) is 31.2 Å². The van der Waals surface area contributed by atoms with Crippen LogP contribution in [0.3, 0.4) is 0 Å². The number of carbonyl (C=O) groups excluding carboxylic acids is 2. The van der Waals surface area contributed by atoms with Crippen LogP contribution in [0.1, 0.15) is 68.3 Å². The van der Waals surface area contributed by atoms with Crippen molar-refractivity contribution < 1.29 is 14.3 Å². The summed E-state index contributed by atoms with van der Waals surface area (Å²) in [5, 5.41) is 2.59. The summed E-state index contributed by atoms with van der Waals surface area (Å²) in [4.78, 5) is 23.5. The van der Waals surface area contributed by atoms with Gasteiger partial charge >= 0.3 is 5.97 Å². The average Bonchev–Trinajstić information content (AvgIpc) is 2.59. The first-order chi connectivity index (χ1) is 11.2. The Kier molecular flexibility index (Phi) is 9.76. The highest BCUT2D eigenvalue weighted by Gasteiger charge is 2.08. The summed E-state index contributed by atoms with van der Waals surface area (Å²) in [6, 6.07) is 7.39. The van der Waals surface area contributed by atoms with Gasteiger partial charge < -0.3 is 10.1 Å². The minimum absolute atomic E-state index is 0.0792. The van der Waals surface area contributed by atoms with Crippen LogP contribution < -0.4 is 5.32 Å². The van der Waals surface area contributed by atoms with Gasteiger partial charge in [0.1, 0.15) is 6.54 Å². The van der Waals surface area contributed by atoms with Crippen molar-refractivity contribution in [3.05, 3.63) is 35.4 Å². The molecule has 1 N–H and O–H groups in total. The number of unbranched alkanes of at least 4 members (excludes halogenated alkanes) is 5. The predicted octanol–water partition coefficient (Wildman–Crippen LogP) is 3.88. The van der Waals surface area contributed by atoms with Gasteiger partial charge in [-0.3, -0.25) is 9.59 Å². The molecule has 1 amide bonds. The molecule has 128 valence electrons. The highest BCUT2D eigenvalue weighted by Crippen LogP contribution is 2.06. The molecule has 0 saturated heterocycles. The van der Waals surface area contributed by atoms with Crippen LogP contribution >= 0.6 is 0 Å². The van der Waals surface area contributed by atoms with Gasteiger partial charge in [0.05, 0.1) is 6.61 Å². The van der Waals surface area contributed by atoms with Gasteiger partial charge in [-0.2, -0.15) is 0 Å². The summed E-state index contributed by atoms with van der Waals surface area (Å²) >= 11 is 0. The molecule has 4 nitrogen and oxygen atoms in total. The van der Waals surface area contributed by atoms with E-state index in [0.29, 0.717) is 12.2 Å². The molecular formula is C19H29NO3. The van der Waals surface area contributed by atoms with Crippen LogP contribution in [0.4, 0.5) is 0 Å². The van der Waals surface area contributed by atoms with Crippen molar-refractivity contribution in [1.82, 2.24) is 5.32 Å². The molecule has 1 rings (SSSR count). The number of hydrogen-bond donors (Lipinski definition) is 1. The van der Waals surface area contributed by atoms with E-state index in [-0.39, 0.29) is 18.4 Å². The van der Waals surface area contributed by atoms with Gasteiger partial charge in [0.25, 0.3) is 5.91 Å². The lowest BCUT2D eigenvalue weighted by atomic mass is 10.1. The van der Waals surface area contributed by atoms with E-state index in [2.05, 4.69) is 19.2 Å². The molecule has 1 aromatic rings. The third-order valence-electron chi connectivity index (χ3n) is 3.78.